The van der Waals surface area contributed by atoms with Gasteiger partial charge in [0.1, 0.15) is 17.2 Å². The Bertz CT molecular complexity index is 2260. The number of amides is 2. The molecule has 4 aromatic rings. The molecular weight excluding hydrogens is 778 g/mol. The van der Waals surface area contributed by atoms with Gasteiger partial charge in [-0.2, -0.15) is 0 Å². The molecule has 2 amide bonds. The lowest BCUT2D eigenvalue weighted by atomic mass is 9.73. The topological polar surface area (TPSA) is 157 Å². The zero-order chi connectivity index (χ0) is 37.6. The maximum atomic E-state index is 15.7. The Balaban J connectivity index is 1.44. The number of esters is 1. The quantitative estimate of drug-likeness (QED) is 0.199. The third-order valence-electron chi connectivity index (χ3n) is 9.69. The van der Waals surface area contributed by atoms with Gasteiger partial charge in [-0.1, -0.05) is 46.4 Å². The number of anilines is 2. The number of rotatable bonds is 7. The summed E-state index contributed by atoms with van der Waals surface area (Å²) >= 11 is 25.7. The lowest BCUT2D eigenvalue weighted by Gasteiger charge is -2.37. The maximum absolute atomic E-state index is 15.7. The Morgan fingerprint density at radius 2 is 1.50 bits per heavy atom. The third-order valence-corrected chi connectivity index (χ3v) is 10.6. The number of halogens is 6. The van der Waals surface area contributed by atoms with Gasteiger partial charge in [-0.15, -0.1) is 0 Å². The van der Waals surface area contributed by atoms with Crippen LogP contribution in [0.15, 0.2) is 57.6 Å². The number of nitrogens with zero attached hydrogens (tertiary/aromatic N) is 3. The lowest BCUT2D eigenvalue weighted by Crippen LogP contribution is -2.56. The molecule has 0 aliphatic carbocycles. The Morgan fingerprint density at radius 3 is 2.10 bits per heavy atom. The Kier molecular flexibility index (Phi) is 8.89. The second-order valence-corrected chi connectivity index (χ2v) is 14.4. The standard InChI is InChI=1S/C33H25Cl4F2N3O10/c1-13-22(51-30(46)49-13)10-41-26-19(7-17(36)8-20(26)37)33(29(41)45)25(28(44)48-11-23-14(2)50-31(47)52-23)24(21-9-32(38,39)12-42(21)33)27(43)40(3)18-5-15(34)4-16(35)6-18/h4-8,21,24-25H,9-12H2,1-3H3/t21-,24+,25-,33?/m1/s1. The summed E-state index contributed by atoms with van der Waals surface area (Å²) in [4.78, 5) is 71.5. The fourth-order valence-corrected chi connectivity index (χ4v) is 8.71. The third kappa shape index (κ3) is 5.73. The minimum Gasteiger partial charge on any atom is -0.457 e. The van der Waals surface area contributed by atoms with Crippen molar-refractivity contribution in [2.45, 2.75) is 50.9 Å². The smallest absolute Gasteiger partial charge is 0.457 e. The van der Waals surface area contributed by atoms with E-state index in [1.807, 2.05) is 0 Å². The summed E-state index contributed by atoms with van der Waals surface area (Å²) in [5.41, 5.74) is -2.33. The molecule has 5 heterocycles. The molecule has 0 radical (unpaired) electrons. The highest BCUT2D eigenvalue weighted by molar-refractivity contribution is 6.38. The molecule has 0 N–H and O–H groups in total. The summed E-state index contributed by atoms with van der Waals surface area (Å²) in [6.45, 7) is 0.579. The minimum absolute atomic E-state index is 0.00612. The van der Waals surface area contributed by atoms with Crippen molar-refractivity contribution in [3.8, 4) is 0 Å². The van der Waals surface area contributed by atoms with Gasteiger partial charge in [0.25, 0.3) is 11.8 Å². The predicted octanol–water partition coefficient (Wildman–Crippen LogP) is 6.11. The van der Waals surface area contributed by atoms with Crippen molar-refractivity contribution in [2.24, 2.45) is 11.8 Å². The maximum Gasteiger partial charge on any atom is 0.519 e. The number of carbonyl (C=O) groups is 3. The van der Waals surface area contributed by atoms with Gasteiger partial charge < -0.3 is 32.2 Å². The zero-order valence-corrected chi connectivity index (χ0v) is 30.2. The van der Waals surface area contributed by atoms with Gasteiger partial charge in [0, 0.05) is 45.8 Å². The van der Waals surface area contributed by atoms with Crippen LogP contribution < -0.4 is 21.4 Å². The average Bonchev–Trinajstić information content (AvgIpc) is 3.78. The monoisotopic (exact) mass is 801 g/mol. The van der Waals surface area contributed by atoms with E-state index >= 15 is 13.6 Å². The first-order valence-corrected chi connectivity index (χ1v) is 17.0. The SMILES string of the molecule is Cc1oc(=O)oc1COC(=O)[C@H]1[C@@H](C(=O)N(C)c2cc(Cl)cc(Cl)c2)[C@H]2CC(F)(F)CN2C12C(=O)N(Cc1oc(=O)oc1C)c1c(Cl)cc(Cl)cc12. The summed E-state index contributed by atoms with van der Waals surface area (Å²) in [5, 5.41) is 0.192. The second kappa shape index (κ2) is 12.8. The largest absolute Gasteiger partial charge is 0.519 e. The van der Waals surface area contributed by atoms with Gasteiger partial charge in [0.15, 0.2) is 23.9 Å². The van der Waals surface area contributed by atoms with E-state index in [-0.39, 0.29) is 60.1 Å². The van der Waals surface area contributed by atoms with Gasteiger partial charge >= 0.3 is 17.6 Å². The molecule has 2 saturated heterocycles. The molecule has 1 spiro atoms. The number of hydrogen-bond donors (Lipinski definition) is 0. The number of hydrogen-bond acceptors (Lipinski definition) is 11. The Labute approximate surface area is 311 Å². The van der Waals surface area contributed by atoms with Crippen LogP contribution in [0.2, 0.25) is 20.1 Å². The van der Waals surface area contributed by atoms with Crippen LogP contribution in [0.3, 0.4) is 0 Å². The molecule has 2 aromatic carbocycles. The Hall–Kier alpha value is -4.15. The van der Waals surface area contributed by atoms with Crippen LogP contribution in [0.1, 0.15) is 35.0 Å². The van der Waals surface area contributed by atoms with E-state index in [1.54, 1.807) is 0 Å². The van der Waals surface area contributed by atoms with E-state index in [0.717, 1.165) is 14.7 Å². The van der Waals surface area contributed by atoms with Crippen LogP contribution in [-0.4, -0.2) is 48.2 Å². The number of aryl methyl sites for hydroxylation is 2. The highest BCUT2D eigenvalue weighted by Gasteiger charge is 2.76. The fraction of sp³-hybridized carbons (Fsp3) is 0.364. The van der Waals surface area contributed by atoms with Gasteiger partial charge in [0.2, 0.25) is 5.91 Å². The van der Waals surface area contributed by atoms with Crippen molar-refractivity contribution in [3.63, 3.8) is 0 Å². The molecule has 274 valence electrons. The van der Waals surface area contributed by atoms with Crippen LogP contribution >= 0.6 is 46.4 Å². The summed E-state index contributed by atoms with van der Waals surface area (Å²) in [7, 11) is 1.34. The van der Waals surface area contributed by atoms with Crippen molar-refractivity contribution >= 4 is 75.6 Å². The highest BCUT2D eigenvalue weighted by Crippen LogP contribution is 2.63. The van der Waals surface area contributed by atoms with Crippen LogP contribution in [0.5, 0.6) is 0 Å². The van der Waals surface area contributed by atoms with E-state index in [4.69, 9.17) is 68.8 Å². The van der Waals surface area contributed by atoms with Crippen LogP contribution in [0.4, 0.5) is 20.2 Å². The number of carbonyl (C=O) groups excluding carboxylic acids is 3. The molecule has 3 aliphatic heterocycles. The first kappa shape index (κ1) is 36.2. The van der Waals surface area contributed by atoms with Gasteiger partial charge in [-0.25, -0.2) is 18.4 Å². The van der Waals surface area contributed by atoms with E-state index in [0.29, 0.717) is 0 Å². The van der Waals surface area contributed by atoms with Crippen LogP contribution in [0, 0.1) is 25.7 Å². The molecule has 0 bridgehead atoms. The van der Waals surface area contributed by atoms with Crippen molar-refractivity contribution in [1.29, 1.82) is 0 Å². The first-order chi connectivity index (χ1) is 24.4. The van der Waals surface area contributed by atoms with Crippen molar-refractivity contribution in [1.82, 2.24) is 4.90 Å². The number of fused-ring (bicyclic) bond motifs is 4. The Morgan fingerprint density at radius 1 is 0.904 bits per heavy atom. The molecule has 7 rings (SSSR count). The minimum atomic E-state index is -3.44. The lowest BCUT2D eigenvalue weighted by molar-refractivity contribution is -0.161. The summed E-state index contributed by atoms with van der Waals surface area (Å²) in [5.74, 6) is -12.3. The van der Waals surface area contributed by atoms with Crippen molar-refractivity contribution < 1.29 is 45.6 Å². The summed E-state index contributed by atoms with van der Waals surface area (Å²) in [6.07, 6.45) is -0.929. The van der Waals surface area contributed by atoms with Gasteiger partial charge in [0.05, 0.1) is 29.7 Å². The molecular formula is C33H25Cl4F2N3O10. The number of benzene rings is 2. The molecule has 4 atom stereocenters. The summed E-state index contributed by atoms with van der Waals surface area (Å²) in [6, 6.07) is 5.42. The number of ether oxygens (including phenoxy) is 1. The highest BCUT2D eigenvalue weighted by atomic mass is 35.5. The van der Waals surface area contributed by atoms with Crippen molar-refractivity contribution in [3.05, 3.63) is 100 Å². The molecule has 1 unspecified atom stereocenters. The second-order valence-electron chi connectivity index (χ2n) is 12.7. The predicted molar refractivity (Wildman–Crippen MR) is 180 cm³/mol. The zero-order valence-electron chi connectivity index (χ0n) is 27.1. The average molecular weight is 803 g/mol. The molecule has 19 heteroatoms. The fourth-order valence-electron chi connectivity index (χ4n) is 7.60. The van der Waals surface area contributed by atoms with E-state index < -0.39 is 84.9 Å². The van der Waals surface area contributed by atoms with Gasteiger partial charge in [-0.3, -0.25) is 19.3 Å². The van der Waals surface area contributed by atoms with Gasteiger partial charge in [-0.05, 0) is 44.2 Å². The van der Waals surface area contributed by atoms with E-state index in [2.05, 4.69) is 0 Å². The number of alkyl halides is 2. The normalized spacial score (nSPS) is 23.4. The molecule has 13 nitrogen and oxygen atoms in total. The molecule has 0 saturated carbocycles. The van der Waals surface area contributed by atoms with E-state index in [1.165, 1.54) is 51.2 Å². The molecule has 52 heavy (non-hydrogen) atoms. The molecule has 3 aliphatic rings. The molecule has 2 fully saturated rings. The molecule has 2 aromatic heterocycles. The summed E-state index contributed by atoms with van der Waals surface area (Å²) < 4.78 is 57.0. The van der Waals surface area contributed by atoms with E-state index in [9.17, 15) is 19.2 Å². The van der Waals surface area contributed by atoms with Crippen molar-refractivity contribution in [2.75, 3.05) is 23.4 Å². The van der Waals surface area contributed by atoms with Crippen LogP contribution in [0.25, 0.3) is 0 Å². The van der Waals surface area contributed by atoms with Crippen LogP contribution in [-0.2, 0) is 37.8 Å². The first-order valence-electron chi connectivity index (χ1n) is 15.5.